The van der Waals surface area contributed by atoms with E-state index in [1.807, 2.05) is 6.92 Å². The summed E-state index contributed by atoms with van der Waals surface area (Å²) in [5, 5.41) is 7.01. The Labute approximate surface area is 96.0 Å². The summed E-state index contributed by atoms with van der Waals surface area (Å²) >= 11 is 0. The second-order valence-corrected chi connectivity index (χ2v) is 3.92. The van der Waals surface area contributed by atoms with Gasteiger partial charge in [-0.05, 0) is 25.8 Å². The molecule has 0 fully saturated rings. The molecule has 0 saturated carbocycles. The van der Waals surface area contributed by atoms with E-state index in [-0.39, 0.29) is 18.0 Å². The van der Waals surface area contributed by atoms with E-state index in [9.17, 15) is 4.79 Å². The van der Waals surface area contributed by atoms with Gasteiger partial charge in [-0.1, -0.05) is 13.8 Å². The number of nitrogen functional groups attached to an aromatic ring is 1. The maximum absolute atomic E-state index is 11.9. The first-order valence-electron chi connectivity index (χ1n) is 5.69. The first kappa shape index (κ1) is 12.5. The Morgan fingerprint density at radius 3 is 2.62 bits per heavy atom. The van der Waals surface area contributed by atoms with Gasteiger partial charge in [0.15, 0.2) is 0 Å². The van der Waals surface area contributed by atoms with Gasteiger partial charge in [0.25, 0.3) is 0 Å². The largest absolute Gasteiger partial charge is 0.382 e. The number of anilines is 1. The SMILES string of the molecule is CCC(CC)NC(=O)C(C)n1ccc(N)n1. The fraction of sp³-hybridized carbons (Fsp3) is 0.636. The summed E-state index contributed by atoms with van der Waals surface area (Å²) in [7, 11) is 0. The lowest BCUT2D eigenvalue weighted by atomic mass is 10.1. The van der Waals surface area contributed by atoms with Crippen molar-refractivity contribution in [2.24, 2.45) is 0 Å². The number of hydrogen-bond donors (Lipinski definition) is 2. The molecule has 0 spiro atoms. The molecule has 0 aromatic carbocycles. The van der Waals surface area contributed by atoms with Crippen LogP contribution >= 0.6 is 0 Å². The fourth-order valence-corrected chi connectivity index (χ4v) is 1.50. The van der Waals surface area contributed by atoms with E-state index in [0.29, 0.717) is 5.82 Å². The third-order valence-corrected chi connectivity index (χ3v) is 2.74. The number of hydrogen-bond acceptors (Lipinski definition) is 3. The third kappa shape index (κ3) is 2.98. The van der Waals surface area contributed by atoms with Crippen molar-refractivity contribution in [2.75, 3.05) is 5.73 Å². The van der Waals surface area contributed by atoms with Crippen LogP contribution in [0.15, 0.2) is 12.3 Å². The Bertz CT molecular complexity index is 344. The van der Waals surface area contributed by atoms with Crippen molar-refractivity contribution in [2.45, 2.75) is 45.7 Å². The van der Waals surface area contributed by atoms with Crippen molar-refractivity contribution >= 4 is 11.7 Å². The summed E-state index contributed by atoms with van der Waals surface area (Å²) in [5.41, 5.74) is 5.51. The van der Waals surface area contributed by atoms with E-state index in [1.54, 1.807) is 16.9 Å². The van der Waals surface area contributed by atoms with Gasteiger partial charge in [0.2, 0.25) is 5.91 Å². The molecule has 0 saturated heterocycles. The molecule has 5 heteroatoms. The number of nitrogens with two attached hydrogens (primary N) is 1. The molecule has 0 bridgehead atoms. The lowest BCUT2D eigenvalue weighted by molar-refractivity contribution is -0.124. The first-order valence-corrected chi connectivity index (χ1v) is 5.69. The van der Waals surface area contributed by atoms with E-state index < -0.39 is 0 Å². The number of amides is 1. The van der Waals surface area contributed by atoms with Crippen LogP contribution in [0.25, 0.3) is 0 Å². The highest BCUT2D eigenvalue weighted by Crippen LogP contribution is 2.08. The van der Waals surface area contributed by atoms with Crippen molar-refractivity contribution < 1.29 is 4.79 Å². The molecule has 0 aliphatic rings. The van der Waals surface area contributed by atoms with Gasteiger partial charge in [0, 0.05) is 12.2 Å². The van der Waals surface area contributed by atoms with Crippen molar-refractivity contribution in [3.8, 4) is 0 Å². The van der Waals surface area contributed by atoms with Gasteiger partial charge in [-0.15, -0.1) is 0 Å². The number of carbonyl (C=O) groups is 1. The third-order valence-electron chi connectivity index (χ3n) is 2.74. The number of aromatic nitrogens is 2. The molecule has 3 N–H and O–H groups in total. The van der Waals surface area contributed by atoms with Crippen LogP contribution in [0.2, 0.25) is 0 Å². The average molecular weight is 224 g/mol. The monoisotopic (exact) mass is 224 g/mol. The predicted octanol–water partition coefficient (Wildman–Crippen LogP) is 1.33. The second-order valence-electron chi connectivity index (χ2n) is 3.92. The summed E-state index contributed by atoms with van der Waals surface area (Å²) in [6, 6.07) is 1.60. The van der Waals surface area contributed by atoms with Gasteiger partial charge in [-0.2, -0.15) is 5.10 Å². The highest BCUT2D eigenvalue weighted by molar-refractivity contribution is 5.80. The zero-order valence-electron chi connectivity index (χ0n) is 10.1. The molecule has 1 atom stereocenters. The molecular formula is C11H20N4O. The molecular weight excluding hydrogens is 204 g/mol. The maximum atomic E-state index is 11.9. The predicted molar refractivity (Wildman–Crippen MR) is 63.9 cm³/mol. The Kier molecular flexibility index (Phi) is 4.34. The summed E-state index contributed by atoms with van der Waals surface area (Å²) < 4.78 is 1.58. The fourth-order valence-electron chi connectivity index (χ4n) is 1.50. The van der Waals surface area contributed by atoms with Gasteiger partial charge < -0.3 is 11.1 Å². The van der Waals surface area contributed by atoms with Crippen molar-refractivity contribution in [3.63, 3.8) is 0 Å². The molecule has 0 radical (unpaired) electrons. The average Bonchev–Trinajstić information content (AvgIpc) is 2.71. The maximum Gasteiger partial charge on any atom is 0.244 e. The molecule has 0 aliphatic heterocycles. The van der Waals surface area contributed by atoms with Gasteiger partial charge >= 0.3 is 0 Å². The second kappa shape index (κ2) is 5.53. The molecule has 5 nitrogen and oxygen atoms in total. The van der Waals surface area contributed by atoms with E-state index in [2.05, 4.69) is 24.3 Å². The standard InChI is InChI=1S/C11H20N4O/c1-4-9(5-2)13-11(16)8(3)15-7-6-10(12)14-15/h6-9H,4-5H2,1-3H3,(H2,12,14)(H,13,16). The van der Waals surface area contributed by atoms with Crippen LogP contribution in [0.1, 0.15) is 39.7 Å². The highest BCUT2D eigenvalue weighted by Gasteiger charge is 2.17. The van der Waals surface area contributed by atoms with Crippen LogP contribution in [0.3, 0.4) is 0 Å². The number of carbonyl (C=O) groups excluding carboxylic acids is 1. The zero-order chi connectivity index (χ0) is 12.1. The topological polar surface area (TPSA) is 72.9 Å². The quantitative estimate of drug-likeness (QED) is 0.792. The molecule has 1 amide bonds. The minimum absolute atomic E-state index is 0.0169. The summed E-state index contributed by atoms with van der Waals surface area (Å²) in [5.74, 6) is 0.416. The van der Waals surface area contributed by atoms with Crippen LogP contribution in [0.5, 0.6) is 0 Å². The molecule has 1 unspecified atom stereocenters. The van der Waals surface area contributed by atoms with Crippen molar-refractivity contribution in [3.05, 3.63) is 12.3 Å². The number of nitrogens with one attached hydrogen (secondary N) is 1. The Morgan fingerprint density at radius 2 is 2.19 bits per heavy atom. The van der Waals surface area contributed by atoms with Crippen LogP contribution in [0.4, 0.5) is 5.82 Å². The molecule has 0 aliphatic carbocycles. The zero-order valence-corrected chi connectivity index (χ0v) is 10.1. The molecule has 1 heterocycles. The molecule has 1 rings (SSSR count). The lowest BCUT2D eigenvalue weighted by Gasteiger charge is -2.18. The van der Waals surface area contributed by atoms with Crippen LogP contribution < -0.4 is 11.1 Å². The van der Waals surface area contributed by atoms with Crippen LogP contribution in [-0.4, -0.2) is 21.7 Å². The first-order chi connectivity index (χ1) is 7.58. The van der Waals surface area contributed by atoms with Gasteiger partial charge in [-0.3, -0.25) is 9.48 Å². The Morgan fingerprint density at radius 1 is 1.56 bits per heavy atom. The lowest BCUT2D eigenvalue weighted by Crippen LogP contribution is -2.38. The smallest absolute Gasteiger partial charge is 0.244 e. The normalized spacial score (nSPS) is 12.8. The summed E-state index contributed by atoms with van der Waals surface area (Å²) in [4.78, 5) is 11.9. The number of nitrogens with zero attached hydrogens (tertiary/aromatic N) is 2. The van der Waals surface area contributed by atoms with Gasteiger partial charge in [0.1, 0.15) is 11.9 Å². The minimum Gasteiger partial charge on any atom is -0.382 e. The van der Waals surface area contributed by atoms with Crippen LogP contribution in [-0.2, 0) is 4.79 Å². The highest BCUT2D eigenvalue weighted by atomic mass is 16.2. The van der Waals surface area contributed by atoms with E-state index >= 15 is 0 Å². The molecule has 1 aromatic heterocycles. The van der Waals surface area contributed by atoms with E-state index in [4.69, 9.17) is 5.73 Å². The Hall–Kier alpha value is -1.52. The van der Waals surface area contributed by atoms with Crippen molar-refractivity contribution in [1.82, 2.24) is 15.1 Å². The minimum atomic E-state index is -0.321. The van der Waals surface area contributed by atoms with E-state index in [1.165, 1.54) is 0 Å². The summed E-state index contributed by atoms with van der Waals surface area (Å²) in [6.07, 6.45) is 3.60. The van der Waals surface area contributed by atoms with Gasteiger partial charge in [-0.25, -0.2) is 0 Å². The molecule has 16 heavy (non-hydrogen) atoms. The number of rotatable bonds is 5. The molecule has 90 valence electrons. The molecule has 1 aromatic rings. The summed E-state index contributed by atoms with van der Waals surface area (Å²) in [6.45, 7) is 5.93. The van der Waals surface area contributed by atoms with Crippen molar-refractivity contribution in [1.29, 1.82) is 0 Å². The van der Waals surface area contributed by atoms with Gasteiger partial charge in [0.05, 0.1) is 0 Å². The van der Waals surface area contributed by atoms with Crippen LogP contribution in [0, 0.1) is 0 Å². The Balaban J connectivity index is 2.60. The van der Waals surface area contributed by atoms with E-state index in [0.717, 1.165) is 12.8 Å².